The minimum atomic E-state index is -1.22. The monoisotopic (exact) mass is 222 g/mol. The van der Waals surface area contributed by atoms with Crippen LogP contribution in [0.3, 0.4) is 0 Å². The van der Waals surface area contributed by atoms with Crippen molar-refractivity contribution in [2.45, 2.75) is 12.8 Å². The van der Waals surface area contributed by atoms with E-state index in [1.807, 2.05) is 0 Å². The van der Waals surface area contributed by atoms with Gasteiger partial charge in [0.15, 0.2) is 0 Å². The van der Waals surface area contributed by atoms with Crippen LogP contribution in [0.2, 0.25) is 0 Å². The van der Waals surface area contributed by atoms with Crippen molar-refractivity contribution in [3.05, 3.63) is 12.2 Å². The Kier molecular flexibility index (Phi) is 5.99. The number of hydrogen-bond donors (Lipinski definition) is 2. The number of nitriles is 2. The summed E-state index contributed by atoms with van der Waals surface area (Å²) >= 11 is 0. The number of nitrogens with zero attached hydrogens (tertiary/aromatic N) is 2. The molecule has 0 aromatic carbocycles. The van der Waals surface area contributed by atoms with Crippen molar-refractivity contribution in [2.24, 2.45) is 11.8 Å². The molecular formula is C10H10N2O4. The molecule has 2 unspecified atom stereocenters. The number of allylic oxidation sites excluding steroid dienone is 2. The molecule has 0 bridgehead atoms. The second-order valence-electron chi connectivity index (χ2n) is 2.98. The van der Waals surface area contributed by atoms with Gasteiger partial charge >= 0.3 is 11.9 Å². The van der Waals surface area contributed by atoms with Crippen LogP contribution in [0.4, 0.5) is 0 Å². The normalized spacial score (nSPS) is 13.6. The number of carbonyl (C=O) groups is 2. The topological polar surface area (TPSA) is 122 Å². The van der Waals surface area contributed by atoms with Gasteiger partial charge in [0.2, 0.25) is 0 Å². The minimum absolute atomic E-state index is 0.00357. The van der Waals surface area contributed by atoms with E-state index in [1.165, 1.54) is 12.2 Å². The third kappa shape index (κ3) is 4.77. The molecule has 0 aromatic rings. The molecule has 16 heavy (non-hydrogen) atoms. The van der Waals surface area contributed by atoms with E-state index < -0.39 is 23.8 Å². The van der Waals surface area contributed by atoms with E-state index >= 15 is 0 Å². The van der Waals surface area contributed by atoms with Crippen LogP contribution in [-0.2, 0) is 9.59 Å². The lowest BCUT2D eigenvalue weighted by atomic mass is 10.0. The quantitative estimate of drug-likeness (QED) is 0.640. The van der Waals surface area contributed by atoms with Crippen LogP contribution in [0, 0.1) is 34.5 Å². The lowest BCUT2D eigenvalue weighted by Crippen LogP contribution is -2.11. The molecule has 0 aliphatic heterocycles. The molecule has 6 nitrogen and oxygen atoms in total. The van der Waals surface area contributed by atoms with Gasteiger partial charge in [-0.15, -0.1) is 0 Å². The first-order valence-corrected chi connectivity index (χ1v) is 4.42. The van der Waals surface area contributed by atoms with Crippen molar-refractivity contribution in [1.29, 1.82) is 10.5 Å². The average molecular weight is 222 g/mol. The molecule has 0 saturated carbocycles. The van der Waals surface area contributed by atoms with Crippen molar-refractivity contribution < 1.29 is 19.8 Å². The standard InChI is InChI=1S/C10H10N2O4/c11-5-7(9(13)14)3-1-2-4-8(6-12)10(15)16/h1-2,7-8H,3-4H2,(H,13,14)(H,15,16)/b2-1+. The van der Waals surface area contributed by atoms with Gasteiger partial charge in [0, 0.05) is 0 Å². The molecular weight excluding hydrogens is 212 g/mol. The Bertz CT molecular complexity index is 339. The summed E-state index contributed by atoms with van der Waals surface area (Å²) in [5.41, 5.74) is 0. The van der Waals surface area contributed by atoms with Crippen LogP contribution in [0.1, 0.15) is 12.8 Å². The van der Waals surface area contributed by atoms with E-state index in [4.69, 9.17) is 20.7 Å². The molecule has 0 spiro atoms. The van der Waals surface area contributed by atoms with E-state index in [0.29, 0.717) is 0 Å². The molecule has 0 aliphatic rings. The van der Waals surface area contributed by atoms with Crippen LogP contribution in [0.25, 0.3) is 0 Å². The molecule has 2 N–H and O–H groups in total. The molecule has 0 aromatic heterocycles. The maximum atomic E-state index is 10.4. The molecule has 2 atom stereocenters. The summed E-state index contributed by atoms with van der Waals surface area (Å²) in [6.45, 7) is 0. The lowest BCUT2D eigenvalue weighted by molar-refractivity contribution is -0.140. The van der Waals surface area contributed by atoms with E-state index in [1.54, 1.807) is 12.1 Å². The van der Waals surface area contributed by atoms with Crippen molar-refractivity contribution in [1.82, 2.24) is 0 Å². The first-order chi connectivity index (χ1) is 7.52. The van der Waals surface area contributed by atoms with Gasteiger partial charge in [0.1, 0.15) is 11.8 Å². The summed E-state index contributed by atoms with van der Waals surface area (Å²) in [5.74, 6) is -4.72. The molecule has 84 valence electrons. The fourth-order valence-electron chi connectivity index (χ4n) is 0.882. The lowest BCUT2D eigenvalue weighted by Gasteiger charge is -1.99. The van der Waals surface area contributed by atoms with Crippen LogP contribution < -0.4 is 0 Å². The molecule has 6 heteroatoms. The maximum Gasteiger partial charge on any atom is 0.321 e. The van der Waals surface area contributed by atoms with Gasteiger partial charge in [0.05, 0.1) is 12.1 Å². The Morgan fingerprint density at radius 1 is 1.00 bits per heavy atom. The molecule has 0 rings (SSSR count). The highest BCUT2D eigenvalue weighted by molar-refractivity contribution is 5.73. The highest BCUT2D eigenvalue weighted by atomic mass is 16.4. The first-order valence-electron chi connectivity index (χ1n) is 4.42. The third-order valence-electron chi connectivity index (χ3n) is 1.82. The summed E-state index contributed by atoms with van der Waals surface area (Å²) < 4.78 is 0. The van der Waals surface area contributed by atoms with Crippen molar-refractivity contribution >= 4 is 11.9 Å². The molecule has 0 fully saturated rings. The van der Waals surface area contributed by atoms with Crippen LogP contribution in [0.15, 0.2) is 12.2 Å². The fourth-order valence-corrected chi connectivity index (χ4v) is 0.882. The predicted octanol–water partition coefficient (Wildman–Crippen LogP) is 0.772. The summed E-state index contributed by atoms with van der Waals surface area (Å²) in [5, 5.41) is 33.9. The van der Waals surface area contributed by atoms with Crippen LogP contribution >= 0.6 is 0 Å². The maximum absolute atomic E-state index is 10.4. The SMILES string of the molecule is N#CC(C/C=C/CC(C#N)C(=O)O)C(=O)O. The average Bonchev–Trinajstić information content (AvgIpc) is 2.22. The summed E-state index contributed by atoms with van der Waals surface area (Å²) in [4.78, 5) is 20.8. The zero-order chi connectivity index (χ0) is 12.6. The smallest absolute Gasteiger partial charge is 0.321 e. The Hall–Kier alpha value is -2.34. The Labute approximate surface area is 92.0 Å². The number of carboxylic acid groups (broad SMARTS) is 2. The third-order valence-corrected chi connectivity index (χ3v) is 1.82. The molecule has 0 radical (unpaired) electrons. The first kappa shape index (κ1) is 13.7. The Morgan fingerprint density at radius 3 is 1.50 bits per heavy atom. The second kappa shape index (κ2) is 7.02. The second-order valence-corrected chi connectivity index (χ2v) is 2.98. The number of hydrogen-bond acceptors (Lipinski definition) is 4. The van der Waals surface area contributed by atoms with Crippen LogP contribution in [-0.4, -0.2) is 22.2 Å². The molecule has 0 aliphatic carbocycles. The molecule has 0 heterocycles. The zero-order valence-electron chi connectivity index (χ0n) is 8.33. The highest BCUT2D eigenvalue weighted by Gasteiger charge is 2.15. The Balaban J connectivity index is 4.14. The molecule has 0 amide bonds. The summed E-state index contributed by atoms with van der Waals surface area (Å²) in [7, 11) is 0. The van der Waals surface area contributed by atoms with Crippen molar-refractivity contribution in [3.63, 3.8) is 0 Å². The van der Waals surface area contributed by atoms with Gasteiger partial charge in [-0.1, -0.05) is 12.2 Å². The largest absolute Gasteiger partial charge is 0.480 e. The molecule has 0 saturated heterocycles. The number of aliphatic carboxylic acids is 2. The zero-order valence-corrected chi connectivity index (χ0v) is 8.33. The minimum Gasteiger partial charge on any atom is -0.480 e. The van der Waals surface area contributed by atoms with Gasteiger partial charge in [-0.3, -0.25) is 9.59 Å². The van der Waals surface area contributed by atoms with E-state index in [-0.39, 0.29) is 12.8 Å². The van der Waals surface area contributed by atoms with E-state index in [2.05, 4.69) is 0 Å². The Morgan fingerprint density at radius 2 is 1.31 bits per heavy atom. The number of rotatable bonds is 6. The predicted molar refractivity (Wildman–Crippen MR) is 51.9 cm³/mol. The van der Waals surface area contributed by atoms with E-state index in [9.17, 15) is 9.59 Å². The summed E-state index contributed by atoms with van der Waals surface area (Å²) in [6, 6.07) is 3.19. The van der Waals surface area contributed by atoms with E-state index in [0.717, 1.165) is 0 Å². The van der Waals surface area contributed by atoms with Gasteiger partial charge in [-0.2, -0.15) is 10.5 Å². The fraction of sp³-hybridized carbons (Fsp3) is 0.400. The number of carboxylic acids is 2. The highest BCUT2D eigenvalue weighted by Crippen LogP contribution is 2.06. The van der Waals surface area contributed by atoms with Gasteiger partial charge in [-0.05, 0) is 12.8 Å². The van der Waals surface area contributed by atoms with Gasteiger partial charge < -0.3 is 10.2 Å². The van der Waals surface area contributed by atoms with Gasteiger partial charge in [0.25, 0.3) is 0 Å². The summed E-state index contributed by atoms with van der Waals surface area (Å²) in [6.07, 6.45) is 2.80. The van der Waals surface area contributed by atoms with Gasteiger partial charge in [-0.25, -0.2) is 0 Å². The van der Waals surface area contributed by atoms with Crippen molar-refractivity contribution in [3.8, 4) is 12.1 Å². The van der Waals surface area contributed by atoms with Crippen molar-refractivity contribution in [2.75, 3.05) is 0 Å². The van der Waals surface area contributed by atoms with Crippen LogP contribution in [0.5, 0.6) is 0 Å².